The highest BCUT2D eigenvalue weighted by Crippen LogP contribution is 2.29. The van der Waals surface area contributed by atoms with Crippen LogP contribution in [0.3, 0.4) is 0 Å². The lowest BCUT2D eigenvalue weighted by Crippen LogP contribution is -2.59. The third kappa shape index (κ3) is 1.68. The number of hydrogen-bond donors (Lipinski definition) is 2. The van der Waals surface area contributed by atoms with Crippen LogP contribution in [0.1, 0.15) is 20.8 Å². The summed E-state index contributed by atoms with van der Waals surface area (Å²) in [5.74, 6) is 5.48. The van der Waals surface area contributed by atoms with Gasteiger partial charge in [-0.1, -0.05) is 0 Å². The van der Waals surface area contributed by atoms with Crippen molar-refractivity contribution in [3.05, 3.63) is 11.3 Å². The van der Waals surface area contributed by atoms with Gasteiger partial charge in [0.25, 0.3) is 0 Å². The molecule has 6 heteroatoms. The number of aliphatic imine (C=N–C) groups is 1. The number of ether oxygens (including phenoxy) is 1. The van der Waals surface area contributed by atoms with E-state index in [9.17, 15) is 4.79 Å². The Balaban J connectivity index is 3.31. The fraction of sp³-hybridized carbons (Fsp3) is 0.556. The zero-order chi connectivity index (χ0) is 11.8. The normalized spacial score (nSPS) is 20.1. The van der Waals surface area contributed by atoms with E-state index in [-0.39, 0.29) is 5.96 Å². The van der Waals surface area contributed by atoms with Crippen molar-refractivity contribution in [1.29, 1.82) is 0 Å². The fourth-order valence-electron chi connectivity index (χ4n) is 1.63. The van der Waals surface area contributed by atoms with Crippen LogP contribution < -0.4 is 11.6 Å². The van der Waals surface area contributed by atoms with E-state index in [1.807, 2.05) is 0 Å². The largest absolute Gasteiger partial charge is 0.466 e. The summed E-state index contributed by atoms with van der Waals surface area (Å²) in [7, 11) is 1.32. The Morgan fingerprint density at radius 2 is 2.07 bits per heavy atom. The lowest BCUT2D eigenvalue weighted by Gasteiger charge is -2.39. The molecule has 1 aliphatic rings. The maximum atomic E-state index is 11.6. The fourth-order valence-corrected chi connectivity index (χ4v) is 1.63. The maximum absolute atomic E-state index is 11.6. The monoisotopic (exact) mass is 212 g/mol. The molecule has 0 spiro atoms. The van der Waals surface area contributed by atoms with Crippen LogP contribution in [0.2, 0.25) is 0 Å². The topological polar surface area (TPSA) is 93.9 Å². The van der Waals surface area contributed by atoms with Crippen LogP contribution in [0.15, 0.2) is 16.3 Å². The lowest BCUT2D eigenvalue weighted by molar-refractivity contribution is -0.137. The maximum Gasteiger partial charge on any atom is 0.338 e. The molecule has 0 aliphatic carbocycles. The standard InChI is InChI=1S/C9H16N4O2/c1-5-6(7(14)15-4)9(2,3)13(11)8(10)12-5/h11H2,1-4H3,(H2,10,12). The number of carbonyl (C=O) groups excluding carboxylic acids is 1. The van der Waals surface area contributed by atoms with E-state index in [0.29, 0.717) is 11.3 Å². The summed E-state index contributed by atoms with van der Waals surface area (Å²) in [5, 5.41) is 1.26. The molecule has 1 aliphatic heterocycles. The van der Waals surface area contributed by atoms with Gasteiger partial charge in [0.05, 0.1) is 23.9 Å². The molecule has 0 radical (unpaired) electrons. The number of esters is 1. The minimum Gasteiger partial charge on any atom is -0.466 e. The van der Waals surface area contributed by atoms with Gasteiger partial charge in [0.2, 0.25) is 5.96 Å². The molecular weight excluding hydrogens is 196 g/mol. The first-order chi connectivity index (χ1) is 6.82. The highest BCUT2D eigenvalue weighted by Gasteiger charge is 2.39. The van der Waals surface area contributed by atoms with Crippen LogP contribution in [0.5, 0.6) is 0 Å². The summed E-state index contributed by atoms with van der Waals surface area (Å²) < 4.78 is 4.69. The van der Waals surface area contributed by atoms with E-state index in [1.165, 1.54) is 12.1 Å². The van der Waals surface area contributed by atoms with Crippen LogP contribution in [-0.4, -0.2) is 29.6 Å². The van der Waals surface area contributed by atoms with Gasteiger partial charge in [0.15, 0.2) is 0 Å². The van der Waals surface area contributed by atoms with E-state index in [4.69, 9.17) is 16.3 Å². The van der Waals surface area contributed by atoms with E-state index in [1.54, 1.807) is 20.8 Å². The number of carbonyl (C=O) groups is 1. The second kappa shape index (κ2) is 3.54. The van der Waals surface area contributed by atoms with Crippen LogP contribution in [0.25, 0.3) is 0 Å². The van der Waals surface area contributed by atoms with Crippen molar-refractivity contribution in [3.63, 3.8) is 0 Å². The minimum atomic E-state index is -0.719. The Morgan fingerprint density at radius 3 is 2.53 bits per heavy atom. The highest BCUT2D eigenvalue weighted by molar-refractivity contribution is 5.95. The SMILES string of the molecule is COC(=O)C1=C(C)N=C(N)N(N)C1(C)C. The van der Waals surface area contributed by atoms with Crippen molar-refractivity contribution in [2.75, 3.05) is 7.11 Å². The molecule has 0 saturated heterocycles. The van der Waals surface area contributed by atoms with Crippen LogP contribution in [-0.2, 0) is 9.53 Å². The Labute approximate surface area is 88.5 Å². The zero-order valence-electron chi connectivity index (χ0n) is 9.37. The second-order valence-electron chi connectivity index (χ2n) is 3.85. The van der Waals surface area contributed by atoms with Crippen LogP contribution in [0, 0.1) is 0 Å². The smallest absolute Gasteiger partial charge is 0.338 e. The van der Waals surface area contributed by atoms with Gasteiger partial charge >= 0.3 is 5.97 Å². The molecule has 1 rings (SSSR count). The van der Waals surface area contributed by atoms with Gasteiger partial charge < -0.3 is 10.5 Å². The average Bonchev–Trinajstić information content (AvgIpc) is 2.14. The number of rotatable bonds is 1. The molecular formula is C9H16N4O2. The first-order valence-electron chi connectivity index (χ1n) is 4.51. The molecule has 1 heterocycles. The number of guanidine groups is 1. The molecule has 0 saturated carbocycles. The summed E-state index contributed by atoms with van der Waals surface area (Å²) in [6, 6.07) is 0. The lowest BCUT2D eigenvalue weighted by atomic mass is 9.90. The molecule has 0 aromatic carbocycles. The number of nitrogens with two attached hydrogens (primary N) is 2. The van der Waals surface area contributed by atoms with Crippen molar-refractivity contribution in [1.82, 2.24) is 5.01 Å². The van der Waals surface area contributed by atoms with Crippen LogP contribution >= 0.6 is 0 Å². The predicted octanol–water partition coefficient (Wildman–Crippen LogP) is -0.284. The molecule has 0 amide bonds. The Kier molecular flexibility index (Phi) is 2.72. The summed E-state index contributed by atoms with van der Waals surface area (Å²) in [5.41, 5.74) is 5.85. The zero-order valence-corrected chi connectivity index (χ0v) is 9.37. The molecule has 0 atom stereocenters. The van der Waals surface area contributed by atoms with Gasteiger partial charge in [-0.15, -0.1) is 0 Å². The summed E-state index contributed by atoms with van der Waals surface area (Å²) >= 11 is 0. The average molecular weight is 212 g/mol. The van der Waals surface area contributed by atoms with Gasteiger partial charge in [-0.3, -0.25) is 5.01 Å². The summed E-state index contributed by atoms with van der Waals surface area (Å²) in [6.45, 7) is 5.27. The number of hydrazine groups is 1. The van der Waals surface area contributed by atoms with E-state index in [0.717, 1.165) is 0 Å². The van der Waals surface area contributed by atoms with Crippen molar-refractivity contribution < 1.29 is 9.53 Å². The van der Waals surface area contributed by atoms with E-state index in [2.05, 4.69) is 4.99 Å². The molecule has 6 nitrogen and oxygen atoms in total. The number of methoxy groups -OCH3 is 1. The van der Waals surface area contributed by atoms with Crippen molar-refractivity contribution in [2.24, 2.45) is 16.6 Å². The van der Waals surface area contributed by atoms with Gasteiger partial charge in [-0.25, -0.2) is 15.6 Å². The Bertz CT molecular complexity index is 357. The van der Waals surface area contributed by atoms with Crippen molar-refractivity contribution in [2.45, 2.75) is 26.3 Å². The molecule has 15 heavy (non-hydrogen) atoms. The third-order valence-corrected chi connectivity index (χ3v) is 2.49. The summed E-state index contributed by atoms with van der Waals surface area (Å²) in [4.78, 5) is 15.6. The number of nitrogens with zero attached hydrogens (tertiary/aromatic N) is 2. The molecule has 4 N–H and O–H groups in total. The molecule has 0 aromatic heterocycles. The third-order valence-electron chi connectivity index (χ3n) is 2.49. The molecule has 0 bridgehead atoms. The van der Waals surface area contributed by atoms with Crippen molar-refractivity contribution in [3.8, 4) is 0 Å². The van der Waals surface area contributed by atoms with Gasteiger partial charge in [0, 0.05) is 0 Å². The van der Waals surface area contributed by atoms with Gasteiger partial charge in [-0.2, -0.15) is 0 Å². The van der Waals surface area contributed by atoms with E-state index >= 15 is 0 Å². The second-order valence-corrected chi connectivity index (χ2v) is 3.85. The molecule has 0 fully saturated rings. The number of allylic oxidation sites excluding steroid dienone is 1. The highest BCUT2D eigenvalue weighted by atomic mass is 16.5. The van der Waals surface area contributed by atoms with Gasteiger partial charge in [0.1, 0.15) is 0 Å². The molecule has 0 aromatic rings. The predicted molar refractivity (Wildman–Crippen MR) is 56.4 cm³/mol. The van der Waals surface area contributed by atoms with Crippen LogP contribution in [0.4, 0.5) is 0 Å². The van der Waals surface area contributed by atoms with E-state index < -0.39 is 11.5 Å². The Morgan fingerprint density at radius 1 is 1.53 bits per heavy atom. The number of hydrogen-bond acceptors (Lipinski definition) is 6. The molecule has 84 valence electrons. The first kappa shape index (κ1) is 11.5. The molecule has 0 unspecified atom stereocenters. The summed E-state index contributed by atoms with van der Waals surface area (Å²) in [6.07, 6.45) is 0. The Hall–Kier alpha value is -1.56. The quantitative estimate of drug-likeness (QED) is 0.460. The first-order valence-corrected chi connectivity index (χ1v) is 4.51. The minimum absolute atomic E-state index is 0.185. The van der Waals surface area contributed by atoms with Crippen molar-refractivity contribution >= 4 is 11.9 Å². The van der Waals surface area contributed by atoms with Gasteiger partial charge in [-0.05, 0) is 20.8 Å².